The van der Waals surface area contributed by atoms with Gasteiger partial charge in [0.15, 0.2) is 11.5 Å². The van der Waals surface area contributed by atoms with Crippen LogP contribution in [0, 0.1) is 11.2 Å². The van der Waals surface area contributed by atoms with Gasteiger partial charge in [-0.2, -0.15) is 0 Å². The summed E-state index contributed by atoms with van der Waals surface area (Å²) in [6, 6.07) is 4.96. The molecule has 5 heteroatoms. The van der Waals surface area contributed by atoms with Crippen LogP contribution in [0.5, 0.6) is 11.5 Å². The number of methoxy groups -OCH3 is 2. The van der Waals surface area contributed by atoms with E-state index in [9.17, 15) is 8.42 Å². The molecule has 0 spiro atoms. The molecule has 0 N–H and O–H groups in total. The second-order valence-corrected chi connectivity index (χ2v) is 4.82. The second-order valence-electron chi connectivity index (χ2n) is 3.07. The van der Waals surface area contributed by atoms with Crippen molar-refractivity contribution in [3.05, 3.63) is 23.8 Å². The quantitative estimate of drug-likeness (QED) is 0.725. The Morgan fingerprint density at radius 1 is 1.12 bits per heavy atom. The summed E-state index contributed by atoms with van der Waals surface area (Å²) in [5, 5.41) is 2.15. The first-order valence-electron chi connectivity index (χ1n) is 4.41. The highest BCUT2D eigenvalue weighted by molar-refractivity contribution is 7.95. The van der Waals surface area contributed by atoms with E-state index >= 15 is 0 Å². The van der Waals surface area contributed by atoms with Gasteiger partial charge >= 0.3 is 0 Å². The Balaban J connectivity index is 3.13. The first-order chi connectivity index (χ1) is 7.46. The van der Waals surface area contributed by atoms with Gasteiger partial charge in [-0.1, -0.05) is 0 Å². The van der Waals surface area contributed by atoms with Crippen LogP contribution in [0.1, 0.15) is 5.56 Å². The van der Waals surface area contributed by atoms with Crippen molar-refractivity contribution in [2.75, 3.05) is 20.5 Å². The Kier molecular flexibility index (Phi) is 3.80. The van der Waals surface area contributed by atoms with Gasteiger partial charge in [-0.3, -0.25) is 0 Å². The van der Waals surface area contributed by atoms with E-state index in [0.717, 1.165) is 6.26 Å². The minimum Gasteiger partial charge on any atom is -0.493 e. The van der Waals surface area contributed by atoms with Crippen molar-refractivity contribution in [3.63, 3.8) is 0 Å². The van der Waals surface area contributed by atoms with Gasteiger partial charge in [0.1, 0.15) is 0 Å². The van der Waals surface area contributed by atoms with E-state index in [2.05, 4.69) is 11.2 Å². The lowest BCUT2D eigenvalue weighted by molar-refractivity contribution is 0.355. The molecule has 0 aromatic heterocycles. The zero-order valence-corrected chi connectivity index (χ0v) is 10.1. The maximum Gasteiger partial charge on any atom is 0.214 e. The average Bonchev–Trinajstić information content (AvgIpc) is 2.25. The van der Waals surface area contributed by atoms with Crippen LogP contribution in [0.25, 0.3) is 0 Å². The van der Waals surface area contributed by atoms with Crippen LogP contribution in [0.15, 0.2) is 18.2 Å². The monoisotopic (exact) mass is 240 g/mol. The molecule has 16 heavy (non-hydrogen) atoms. The molecule has 1 aromatic carbocycles. The highest BCUT2D eigenvalue weighted by Gasteiger charge is 2.03. The van der Waals surface area contributed by atoms with Crippen LogP contribution in [0.4, 0.5) is 0 Å². The molecule has 0 aliphatic heterocycles. The molecule has 0 fully saturated rings. The average molecular weight is 240 g/mol. The van der Waals surface area contributed by atoms with E-state index in [4.69, 9.17) is 9.47 Å². The zero-order chi connectivity index (χ0) is 12.2. The molecule has 4 nitrogen and oxygen atoms in total. The van der Waals surface area contributed by atoms with E-state index < -0.39 is 9.84 Å². The number of rotatable bonds is 2. The van der Waals surface area contributed by atoms with Gasteiger partial charge in [0.25, 0.3) is 0 Å². The minimum atomic E-state index is -3.29. The fraction of sp³-hybridized carbons (Fsp3) is 0.273. The summed E-state index contributed by atoms with van der Waals surface area (Å²) in [6.45, 7) is 0. The minimum absolute atomic E-state index is 0.516. The summed E-state index contributed by atoms with van der Waals surface area (Å²) < 4.78 is 31.8. The SMILES string of the molecule is COc1ccc(C#CS(C)(=O)=O)cc1OC. The van der Waals surface area contributed by atoms with E-state index in [1.54, 1.807) is 18.2 Å². The van der Waals surface area contributed by atoms with Crippen molar-refractivity contribution >= 4 is 9.84 Å². The number of hydrogen-bond acceptors (Lipinski definition) is 4. The number of sulfone groups is 1. The summed E-state index contributed by atoms with van der Waals surface area (Å²) >= 11 is 0. The summed E-state index contributed by atoms with van der Waals surface area (Å²) in [7, 11) is -0.258. The molecule has 0 aliphatic rings. The molecule has 0 heterocycles. The molecule has 0 amide bonds. The van der Waals surface area contributed by atoms with Gasteiger partial charge < -0.3 is 9.47 Å². The molecular weight excluding hydrogens is 228 g/mol. The molecule has 0 radical (unpaired) electrons. The third kappa shape index (κ3) is 3.48. The van der Waals surface area contributed by atoms with Crippen molar-refractivity contribution in [2.24, 2.45) is 0 Å². The summed E-state index contributed by atoms with van der Waals surface area (Å²) in [5.74, 6) is 3.63. The van der Waals surface area contributed by atoms with Crippen LogP contribution < -0.4 is 9.47 Å². The van der Waals surface area contributed by atoms with Crippen molar-refractivity contribution in [1.29, 1.82) is 0 Å². The van der Waals surface area contributed by atoms with Gasteiger partial charge in [-0.05, 0) is 24.1 Å². The lowest BCUT2D eigenvalue weighted by Crippen LogP contribution is -1.92. The number of ether oxygens (including phenoxy) is 2. The third-order valence-corrected chi connectivity index (χ3v) is 2.24. The molecule has 0 saturated carbocycles. The first kappa shape index (κ1) is 12.4. The van der Waals surface area contributed by atoms with Gasteiger partial charge in [-0.25, -0.2) is 8.42 Å². The summed E-state index contributed by atoms with van der Waals surface area (Å²) in [5.41, 5.74) is 0.558. The van der Waals surface area contributed by atoms with Crippen LogP contribution in [0.3, 0.4) is 0 Å². The molecule has 0 bridgehead atoms. The summed E-state index contributed by atoms with van der Waals surface area (Å²) in [4.78, 5) is 0. The molecule has 86 valence electrons. The zero-order valence-electron chi connectivity index (χ0n) is 9.27. The Hall–Kier alpha value is -1.67. The van der Waals surface area contributed by atoms with Crippen LogP contribution in [-0.2, 0) is 9.84 Å². The maximum atomic E-state index is 10.9. The van der Waals surface area contributed by atoms with Gasteiger partial charge in [0, 0.05) is 10.8 Å². The van der Waals surface area contributed by atoms with E-state index in [1.807, 2.05) is 0 Å². The third-order valence-electron chi connectivity index (χ3n) is 1.76. The molecular formula is C11H12O4S. The van der Waals surface area contributed by atoms with Crippen molar-refractivity contribution in [2.45, 2.75) is 0 Å². The van der Waals surface area contributed by atoms with Crippen LogP contribution >= 0.6 is 0 Å². The molecule has 0 saturated heterocycles. The highest BCUT2D eigenvalue weighted by Crippen LogP contribution is 2.27. The second kappa shape index (κ2) is 4.90. The van der Waals surface area contributed by atoms with Gasteiger partial charge in [0.05, 0.1) is 20.5 Å². The van der Waals surface area contributed by atoms with Crippen molar-refractivity contribution in [1.82, 2.24) is 0 Å². The van der Waals surface area contributed by atoms with Crippen molar-refractivity contribution in [3.8, 4) is 22.7 Å². The van der Waals surface area contributed by atoms with E-state index in [-0.39, 0.29) is 0 Å². The van der Waals surface area contributed by atoms with Gasteiger partial charge in [-0.15, -0.1) is 0 Å². The Labute approximate surface area is 95.1 Å². The lowest BCUT2D eigenvalue weighted by atomic mass is 10.2. The Bertz CT molecular complexity index is 535. The predicted octanol–water partition coefficient (Wildman–Crippen LogP) is 1.06. The van der Waals surface area contributed by atoms with E-state index in [1.165, 1.54) is 14.2 Å². The smallest absolute Gasteiger partial charge is 0.214 e. The lowest BCUT2D eigenvalue weighted by Gasteiger charge is -2.06. The largest absolute Gasteiger partial charge is 0.493 e. The van der Waals surface area contributed by atoms with Crippen LogP contribution in [-0.4, -0.2) is 28.9 Å². The standard InChI is InChI=1S/C11H12O4S/c1-14-10-5-4-9(8-11(10)15-2)6-7-16(3,12)13/h4-5,8H,1-3H3. The number of hydrogen-bond donors (Lipinski definition) is 0. The van der Waals surface area contributed by atoms with Gasteiger partial charge in [0.2, 0.25) is 9.84 Å². The Morgan fingerprint density at radius 2 is 1.75 bits per heavy atom. The molecule has 0 unspecified atom stereocenters. The predicted molar refractivity (Wildman–Crippen MR) is 61.3 cm³/mol. The summed E-state index contributed by atoms with van der Waals surface area (Å²) in [6.07, 6.45) is 1.06. The Morgan fingerprint density at radius 3 is 2.25 bits per heavy atom. The fourth-order valence-electron chi connectivity index (χ4n) is 1.07. The fourth-order valence-corrected chi connectivity index (χ4v) is 1.37. The normalized spacial score (nSPS) is 10.2. The molecule has 1 rings (SSSR count). The van der Waals surface area contributed by atoms with Crippen molar-refractivity contribution < 1.29 is 17.9 Å². The molecule has 0 atom stereocenters. The van der Waals surface area contributed by atoms with Crippen LogP contribution in [0.2, 0.25) is 0 Å². The first-order valence-corrected chi connectivity index (χ1v) is 6.30. The molecule has 1 aromatic rings. The number of benzene rings is 1. The topological polar surface area (TPSA) is 52.6 Å². The highest BCUT2D eigenvalue weighted by atomic mass is 32.2. The maximum absolute atomic E-state index is 10.9. The van der Waals surface area contributed by atoms with E-state index in [0.29, 0.717) is 17.1 Å². The molecule has 0 aliphatic carbocycles.